The van der Waals surface area contributed by atoms with E-state index in [2.05, 4.69) is 31.3 Å². The van der Waals surface area contributed by atoms with Crippen LogP contribution in [0.15, 0.2) is 16.6 Å². The Balaban J connectivity index is 2.11. The molecule has 1 amide bonds. The van der Waals surface area contributed by atoms with Crippen molar-refractivity contribution < 1.29 is 18.3 Å². The number of halogens is 4. The van der Waals surface area contributed by atoms with Gasteiger partial charge in [0.25, 0.3) is 0 Å². The van der Waals surface area contributed by atoms with Gasteiger partial charge in [0, 0.05) is 11.4 Å². The van der Waals surface area contributed by atoms with E-state index >= 15 is 0 Å². The van der Waals surface area contributed by atoms with E-state index in [9.17, 15) is 13.6 Å². The van der Waals surface area contributed by atoms with Crippen molar-refractivity contribution in [2.45, 2.75) is 19.5 Å². The number of ether oxygens (including phenoxy) is 1. The lowest BCUT2D eigenvalue weighted by atomic mass is 10.0. The van der Waals surface area contributed by atoms with Crippen molar-refractivity contribution in [1.29, 1.82) is 0 Å². The number of nitrogens with one attached hydrogen (secondary N) is 2. The molecule has 0 saturated carbocycles. The van der Waals surface area contributed by atoms with E-state index in [1.54, 1.807) is 0 Å². The van der Waals surface area contributed by atoms with Gasteiger partial charge in [-0.3, -0.25) is 4.79 Å². The second-order valence-corrected chi connectivity index (χ2v) is 6.04. The Bertz CT molecular complexity index is 525. The molecule has 1 fully saturated rings. The molecule has 116 valence electrons. The second-order valence-electron chi connectivity index (χ2n) is 4.75. The van der Waals surface area contributed by atoms with Gasteiger partial charge in [0.1, 0.15) is 0 Å². The smallest absolute Gasteiger partial charge is 0.387 e. The lowest BCUT2D eigenvalue weighted by molar-refractivity contribution is -0.117. The predicted molar refractivity (Wildman–Crippen MR) is 80.0 cm³/mol. The monoisotopic (exact) mass is 382 g/mol. The molecule has 21 heavy (non-hydrogen) atoms. The molecule has 1 aliphatic rings. The summed E-state index contributed by atoms with van der Waals surface area (Å²) in [6.07, 6.45) is 1.25. The molecule has 0 aliphatic carbocycles. The fourth-order valence-corrected chi connectivity index (χ4v) is 3.12. The van der Waals surface area contributed by atoms with Crippen molar-refractivity contribution >= 4 is 39.1 Å². The topological polar surface area (TPSA) is 50.4 Å². The van der Waals surface area contributed by atoms with Crippen LogP contribution in [-0.4, -0.2) is 25.6 Å². The minimum atomic E-state index is -2.99. The van der Waals surface area contributed by atoms with Gasteiger partial charge in [0.05, 0.1) is 10.2 Å². The Morgan fingerprint density at radius 1 is 1.57 bits per heavy atom. The molecule has 0 radical (unpaired) electrons. The molecular formula is C13H14BrClF2N2O2. The standard InChI is InChI=1S/C13H14BrClF2N2O2/c14-9-4-8(15)5-10(12(9)21-13(16)17)19-11(20)3-7-1-2-18-6-7/h4-5,7,13,18H,1-3,6H2,(H,19,20). The number of hydrogen-bond acceptors (Lipinski definition) is 3. The summed E-state index contributed by atoms with van der Waals surface area (Å²) in [7, 11) is 0. The zero-order valence-corrected chi connectivity index (χ0v) is 13.3. The molecule has 1 aromatic carbocycles. The molecule has 2 N–H and O–H groups in total. The number of carbonyl (C=O) groups excluding carboxylic acids is 1. The number of anilines is 1. The van der Waals surface area contributed by atoms with Gasteiger partial charge < -0.3 is 15.4 Å². The molecule has 2 rings (SSSR count). The molecule has 1 heterocycles. The van der Waals surface area contributed by atoms with Crippen molar-refractivity contribution in [2.75, 3.05) is 18.4 Å². The van der Waals surface area contributed by atoms with Crippen LogP contribution < -0.4 is 15.4 Å². The third kappa shape index (κ3) is 4.79. The first-order valence-electron chi connectivity index (χ1n) is 6.40. The highest BCUT2D eigenvalue weighted by molar-refractivity contribution is 9.10. The van der Waals surface area contributed by atoms with Gasteiger partial charge in [-0.15, -0.1) is 0 Å². The summed E-state index contributed by atoms with van der Waals surface area (Å²) in [6.45, 7) is -1.31. The molecule has 1 aromatic rings. The van der Waals surface area contributed by atoms with Crippen LogP contribution in [0.25, 0.3) is 0 Å². The average Bonchev–Trinajstić information content (AvgIpc) is 2.85. The van der Waals surface area contributed by atoms with Crippen molar-refractivity contribution in [1.82, 2.24) is 5.32 Å². The minimum absolute atomic E-state index is 0.130. The zero-order valence-electron chi connectivity index (χ0n) is 11.0. The summed E-state index contributed by atoms with van der Waals surface area (Å²) in [4.78, 5) is 12.0. The first kappa shape index (κ1) is 16.5. The van der Waals surface area contributed by atoms with Crippen LogP contribution in [0.4, 0.5) is 14.5 Å². The largest absolute Gasteiger partial charge is 0.431 e. The van der Waals surface area contributed by atoms with Crippen LogP contribution in [0.3, 0.4) is 0 Å². The lowest BCUT2D eigenvalue weighted by Gasteiger charge is -2.15. The molecule has 1 unspecified atom stereocenters. The second kappa shape index (κ2) is 7.38. The molecule has 8 heteroatoms. The maximum atomic E-state index is 12.4. The van der Waals surface area contributed by atoms with Crippen LogP contribution in [0.2, 0.25) is 5.02 Å². The van der Waals surface area contributed by atoms with Crippen molar-refractivity contribution in [3.63, 3.8) is 0 Å². The number of amides is 1. The summed E-state index contributed by atoms with van der Waals surface area (Å²) in [5.74, 6) is -0.128. The van der Waals surface area contributed by atoms with Gasteiger partial charge in [-0.05, 0) is 53.5 Å². The number of hydrogen-bond donors (Lipinski definition) is 2. The van der Waals surface area contributed by atoms with E-state index in [0.29, 0.717) is 11.4 Å². The maximum Gasteiger partial charge on any atom is 0.387 e. The number of alkyl halides is 2. The number of benzene rings is 1. The molecule has 1 aliphatic heterocycles. The predicted octanol–water partition coefficient (Wildman–Crippen LogP) is 3.64. The Morgan fingerprint density at radius 2 is 2.33 bits per heavy atom. The molecule has 0 spiro atoms. The van der Waals surface area contributed by atoms with E-state index in [1.807, 2.05) is 0 Å². The van der Waals surface area contributed by atoms with Gasteiger partial charge >= 0.3 is 6.61 Å². The third-order valence-electron chi connectivity index (χ3n) is 3.13. The fourth-order valence-electron chi connectivity index (χ4n) is 2.21. The molecule has 0 aromatic heterocycles. The van der Waals surface area contributed by atoms with Gasteiger partial charge in [0.2, 0.25) is 5.91 Å². The average molecular weight is 384 g/mol. The van der Waals surface area contributed by atoms with Crippen LogP contribution in [0.1, 0.15) is 12.8 Å². The van der Waals surface area contributed by atoms with Gasteiger partial charge in [-0.1, -0.05) is 11.6 Å². The molecule has 1 atom stereocenters. The summed E-state index contributed by atoms with van der Waals surface area (Å²) in [5.41, 5.74) is 0.130. The molecule has 1 saturated heterocycles. The van der Waals surface area contributed by atoms with Crippen molar-refractivity contribution in [3.8, 4) is 5.75 Å². The summed E-state index contributed by atoms with van der Waals surface area (Å²) in [6, 6.07) is 2.81. The normalized spacial score (nSPS) is 18.0. The highest BCUT2D eigenvalue weighted by atomic mass is 79.9. The molecule has 4 nitrogen and oxygen atoms in total. The van der Waals surface area contributed by atoms with Crippen LogP contribution in [0, 0.1) is 5.92 Å². The van der Waals surface area contributed by atoms with E-state index in [4.69, 9.17) is 11.6 Å². The SMILES string of the molecule is O=C(CC1CCNC1)Nc1cc(Cl)cc(Br)c1OC(F)F. The Labute approximate surface area is 134 Å². The Kier molecular flexibility index (Phi) is 5.78. The summed E-state index contributed by atoms with van der Waals surface area (Å²) < 4.78 is 29.6. The highest BCUT2D eigenvalue weighted by Crippen LogP contribution is 2.37. The number of carbonyl (C=O) groups is 1. The minimum Gasteiger partial charge on any atom is -0.431 e. The molecular weight excluding hydrogens is 370 g/mol. The highest BCUT2D eigenvalue weighted by Gasteiger charge is 2.21. The van der Waals surface area contributed by atoms with Crippen molar-refractivity contribution in [2.24, 2.45) is 5.92 Å². The first-order chi connectivity index (χ1) is 9.95. The third-order valence-corrected chi connectivity index (χ3v) is 3.93. The van der Waals surface area contributed by atoms with Crippen LogP contribution in [0.5, 0.6) is 5.75 Å². The quantitative estimate of drug-likeness (QED) is 0.816. The van der Waals surface area contributed by atoms with E-state index in [1.165, 1.54) is 12.1 Å². The first-order valence-corrected chi connectivity index (χ1v) is 7.57. The summed E-state index contributed by atoms with van der Waals surface area (Å²) in [5, 5.41) is 6.06. The zero-order chi connectivity index (χ0) is 15.4. The van der Waals surface area contributed by atoms with E-state index < -0.39 is 6.61 Å². The van der Waals surface area contributed by atoms with Crippen molar-refractivity contribution in [3.05, 3.63) is 21.6 Å². The molecule has 0 bridgehead atoms. The van der Waals surface area contributed by atoms with Gasteiger partial charge in [-0.25, -0.2) is 0 Å². The maximum absolute atomic E-state index is 12.4. The van der Waals surface area contributed by atoms with Gasteiger partial charge in [0.15, 0.2) is 5.75 Å². The summed E-state index contributed by atoms with van der Waals surface area (Å²) >= 11 is 8.98. The van der Waals surface area contributed by atoms with E-state index in [-0.39, 0.29) is 27.7 Å². The Morgan fingerprint density at radius 3 is 2.95 bits per heavy atom. The Hall–Kier alpha value is -0.920. The van der Waals surface area contributed by atoms with E-state index in [0.717, 1.165) is 19.5 Å². The fraction of sp³-hybridized carbons (Fsp3) is 0.462. The van der Waals surface area contributed by atoms with Gasteiger partial charge in [-0.2, -0.15) is 8.78 Å². The number of rotatable bonds is 5. The lowest BCUT2D eigenvalue weighted by Crippen LogP contribution is -2.19. The van der Waals surface area contributed by atoms with Crippen LogP contribution in [-0.2, 0) is 4.79 Å². The van der Waals surface area contributed by atoms with Crippen LogP contribution >= 0.6 is 27.5 Å².